The molecule has 3 rings (SSSR count). The Hall–Kier alpha value is -1.68. The molecule has 0 radical (unpaired) electrons. The molecule has 0 saturated carbocycles. The van der Waals surface area contributed by atoms with Crippen LogP contribution in [0.25, 0.3) is 11.4 Å². The lowest BCUT2D eigenvalue weighted by molar-refractivity contribution is 0.209. The van der Waals surface area contributed by atoms with E-state index < -0.39 is 0 Å². The van der Waals surface area contributed by atoms with Crippen LogP contribution in [-0.4, -0.2) is 40.2 Å². The van der Waals surface area contributed by atoms with Crippen molar-refractivity contribution in [2.45, 2.75) is 26.2 Å². The Morgan fingerprint density at radius 2 is 2.25 bits per heavy atom. The molecule has 0 amide bonds. The van der Waals surface area contributed by atoms with Gasteiger partial charge in [-0.3, -0.25) is 10.1 Å². The number of pyridine rings is 1. The van der Waals surface area contributed by atoms with Crippen molar-refractivity contribution < 1.29 is 0 Å². The smallest absolute Gasteiger partial charge is 0.111 e. The third kappa shape index (κ3) is 3.07. The van der Waals surface area contributed by atoms with Gasteiger partial charge in [-0.05, 0) is 63.4 Å². The minimum atomic E-state index is 0.772. The first-order chi connectivity index (χ1) is 9.70. The highest BCUT2D eigenvalue weighted by Gasteiger charge is 2.17. The maximum absolute atomic E-state index is 4.55. The second kappa shape index (κ2) is 5.75. The van der Waals surface area contributed by atoms with Gasteiger partial charge in [0.2, 0.25) is 0 Å². The number of rotatable bonds is 3. The van der Waals surface area contributed by atoms with Crippen molar-refractivity contribution in [2.75, 3.05) is 20.1 Å². The first-order valence-corrected chi connectivity index (χ1v) is 7.36. The van der Waals surface area contributed by atoms with Gasteiger partial charge < -0.3 is 4.90 Å². The Morgan fingerprint density at radius 1 is 1.35 bits per heavy atom. The Balaban J connectivity index is 1.67. The molecule has 1 fully saturated rings. The SMILES string of the molecule is Cc1cc(-c2ccc(CC3CCCN(C)C3)cn2)n[nH]1. The second-order valence-corrected chi connectivity index (χ2v) is 5.96. The molecule has 0 bridgehead atoms. The van der Waals surface area contributed by atoms with Gasteiger partial charge in [-0.2, -0.15) is 5.10 Å². The van der Waals surface area contributed by atoms with Crippen LogP contribution in [0.1, 0.15) is 24.1 Å². The normalized spacial score (nSPS) is 20.2. The number of hydrogen-bond acceptors (Lipinski definition) is 3. The van der Waals surface area contributed by atoms with Gasteiger partial charge in [0.05, 0.1) is 5.69 Å². The second-order valence-electron chi connectivity index (χ2n) is 5.96. The summed E-state index contributed by atoms with van der Waals surface area (Å²) in [5, 5.41) is 7.20. The van der Waals surface area contributed by atoms with E-state index in [1.54, 1.807) is 0 Å². The number of likely N-dealkylation sites (tertiary alicyclic amines) is 1. The maximum atomic E-state index is 4.55. The van der Waals surface area contributed by atoms with E-state index in [4.69, 9.17) is 0 Å². The number of aromatic nitrogens is 3. The summed E-state index contributed by atoms with van der Waals surface area (Å²) in [6, 6.07) is 6.30. The Labute approximate surface area is 120 Å². The van der Waals surface area contributed by atoms with Gasteiger partial charge >= 0.3 is 0 Å². The number of nitrogens with one attached hydrogen (secondary N) is 1. The third-order valence-corrected chi connectivity index (χ3v) is 4.04. The fraction of sp³-hybridized carbons (Fsp3) is 0.500. The van der Waals surface area contributed by atoms with Gasteiger partial charge in [-0.1, -0.05) is 6.07 Å². The molecule has 1 aliphatic rings. The van der Waals surface area contributed by atoms with Gasteiger partial charge in [0.15, 0.2) is 0 Å². The first-order valence-electron chi connectivity index (χ1n) is 7.36. The number of nitrogens with zero attached hydrogens (tertiary/aromatic N) is 3. The topological polar surface area (TPSA) is 44.8 Å². The fourth-order valence-electron chi connectivity index (χ4n) is 3.02. The first kappa shape index (κ1) is 13.3. The van der Waals surface area contributed by atoms with Crippen LogP contribution >= 0.6 is 0 Å². The molecule has 3 heterocycles. The average Bonchev–Trinajstić information content (AvgIpc) is 2.86. The number of aryl methyl sites for hydroxylation is 1. The van der Waals surface area contributed by atoms with Crippen LogP contribution in [0.4, 0.5) is 0 Å². The lowest BCUT2D eigenvalue weighted by Crippen LogP contribution is -2.32. The molecule has 106 valence electrons. The third-order valence-electron chi connectivity index (χ3n) is 4.04. The van der Waals surface area contributed by atoms with E-state index in [1.807, 2.05) is 19.2 Å². The van der Waals surface area contributed by atoms with Crippen molar-refractivity contribution in [3.63, 3.8) is 0 Å². The lowest BCUT2D eigenvalue weighted by atomic mass is 9.92. The number of hydrogen-bond donors (Lipinski definition) is 1. The van der Waals surface area contributed by atoms with E-state index in [0.717, 1.165) is 29.4 Å². The van der Waals surface area contributed by atoms with Gasteiger partial charge in [0, 0.05) is 18.4 Å². The highest BCUT2D eigenvalue weighted by molar-refractivity contribution is 5.54. The monoisotopic (exact) mass is 270 g/mol. The molecule has 1 unspecified atom stereocenters. The number of aromatic amines is 1. The molecule has 2 aromatic heterocycles. The largest absolute Gasteiger partial charge is 0.306 e. The summed E-state index contributed by atoms with van der Waals surface area (Å²) in [6.45, 7) is 4.46. The van der Waals surface area contributed by atoms with Crippen molar-refractivity contribution in [3.8, 4) is 11.4 Å². The summed E-state index contributed by atoms with van der Waals surface area (Å²) < 4.78 is 0. The molecule has 20 heavy (non-hydrogen) atoms. The Morgan fingerprint density at radius 3 is 2.90 bits per heavy atom. The Bertz CT molecular complexity index is 558. The van der Waals surface area contributed by atoms with E-state index in [0.29, 0.717) is 0 Å². The summed E-state index contributed by atoms with van der Waals surface area (Å²) in [7, 11) is 2.22. The zero-order valence-corrected chi connectivity index (χ0v) is 12.3. The summed E-state index contributed by atoms with van der Waals surface area (Å²) >= 11 is 0. The van der Waals surface area contributed by atoms with Gasteiger partial charge in [-0.25, -0.2) is 0 Å². The summed E-state index contributed by atoms with van der Waals surface area (Å²) in [5.74, 6) is 0.772. The zero-order valence-electron chi connectivity index (χ0n) is 12.3. The van der Waals surface area contributed by atoms with Gasteiger partial charge in [0.25, 0.3) is 0 Å². The predicted molar refractivity (Wildman–Crippen MR) is 80.5 cm³/mol. The molecule has 0 aliphatic carbocycles. The van der Waals surface area contributed by atoms with E-state index in [9.17, 15) is 0 Å². The van der Waals surface area contributed by atoms with Gasteiger partial charge in [0.1, 0.15) is 5.69 Å². The van der Waals surface area contributed by atoms with Crippen molar-refractivity contribution in [1.29, 1.82) is 0 Å². The molecule has 0 spiro atoms. The molecular weight excluding hydrogens is 248 g/mol. The molecule has 4 nitrogen and oxygen atoms in total. The van der Waals surface area contributed by atoms with E-state index in [1.165, 1.54) is 31.5 Å². The maximum Gasteiger partial charge on any atom is 0.111 e. The minimum Gasteiger partial charge on any atom is -0.306 e. The molecule has 2 aromatic rings. The highest BCUT2D eigenvalue weighted by atomic mass is 15.1. The molecular formula is C16H22N4. The fourth-order valence-corrected chi connectivity index (χ4v) is 3.02. The van der Waals surface area contributed by atoms with Crippen LogP contribution in [0, 0.1) is 12.8 Å². The number of piperidine rings is 1. The zero-order chi connectivity index (χ0) is 13.9. The molecule has 1 N–H and O–H groups in total. The lowest BCUT2D eigenvalue weighted by Gasteiger charge is -2.29. The van der Waals surface area contributed by atoms with Crippen LogP contribution < -0.4 is 0 Å². The molecule has 0 aromatic carbocycles. The van der Waals surface area contributed by atoms with E-state index in [2.05, 4.69) is 39.3 Å². The summed E-state index contributed by atoms with van der Waals surface area (Å²) in [5.41, 5.74) is 4.27. The van der Waals surface area contributed by atoms with Gasteiger partial charge in [-0.15, -0.1) is 0 Å². The van der Waals surface area contributed by atoms with Crippen molar-refractivity contribution in [1.82, 2.24) is 20.1 Å². The van der Waals surface area contributed by atoms with Crippen molar-refractivity contribution in [3.05, 3.63) is 35.7 Å². The Kier molecular flexibility index (Phi) is 3.83. The van der Waals surface area contributed by atoms with E-state index in [-0.39, 0.29) is 0 Å². The minimum absolute atomic E-state index is 0.772. The molecule has 1 saturated heterocycles. The standard InChI is InChI=1S/C16H22N4/c1-12-8-16(19-18-12)15-6-5-13(10-17-15)9-14-4-3-7-20(2)11-14/h5-6,8,10,14H,3-4,7,9,11H2,1-2H3,(H,18,19). The van der Waals surface area contributed by atoms with E-state index >= 15 is 0 Å². The summed E-state index contributed by atoms with van der Waals surface area (Å²) in [4.78, 5) is 6.98. The average molecular weight is 270 g/mol. The predicted octanol–water partition coefficient (Wildman–Crippen LogP) is 2.66. The summed E-state index contributed by atoms with van der Waals surface area (Å²) in [6.07, 6.45) is 5.80. The van der Waals surface area contributed by atoms with Crippen molar-refractivity contribution >= 4 is 0 Å². The van der Waals surface area contributed by atoms with Crippen LogP contribution in [0.15, 0.2) is 24.4 Å². The molecule has 1 aliphatic heterocycles. The quantitative estimate of drug-likeness (QED) is 0.932. The highest BCUT2D eigenvalue weighted by Crippen LogP contribution is 2.21. The molecule has 1 atom stereocenters. The van der Waals surface area contributed by atoms with Crippen LogP contribution in [0.3, 0.4) is 0 Å². The van der Waals surface area contributed by atoms with Crippen LogP contribution in [-0.2, 0) is 6.42 Å². The van der Waals surface area contributed by atoms with Crippen molar-refractivity contribution in [2.24, 2.45) is 5.92 Å². The molecule has 4 heteroatoms. The van der Waals surface area contributed by atoms with Crippen LogP contribution in [0.2, 0.25) is 0 Å². The number of H-pyrrole nitrogens is 1. The van der Waals surface area contributed by atoms with Crippen LogP contribution in [0.5, 0.6) is 0 Å².